The third-order valence-electron chi connectivity index (χ3n) is 3.48. The smallest absolute Gasteiger partial charge is 0.252 e. The molecule has 0 aromatic carbocycles. The van der Waals surface area contributed by atoms with Crippen molar-refractivity contribution >= 4 is 21.7 Å². The standard InChI is InChI=1S/C12H18BrN5/c1-5-12(2,3)17(4)8-10-15-11-14-6-9(13)7-18(11)16-10/h6-7H,5,8H2,1-4H3. The summed E-state index contributed by atoms with van der Waals surface area (Å²) in [5.74, 6) is 1.43. The van der Waals surface area contributed by atoms with Crippen molar-refractivity contribution < 1.29 is 0 Å². The Morgan fingerprint density at radius 2 is 2.17 bits per heavy atom. The molecule has 0 saturated heterocycles. The number of hydrogen-bond donors (Lipinski definition) is 0. The van der Waals surface area contributed by atoms with Gasteiger partial charge in [-0.1, -0.05) is 6.92 Å². The average molecular weight is 312 g/mol. The Labute approximate surface area is 115 Å². The molecule has 0 fully saturated rings. The molecule has 0 aliphatic rings. The van der Waals surface area contributed by atoms with Crippen LogP contribution >= 0.6 is 15.9 Å². The van der Waals surface area contributed by atoms with Crippen LogP contribution in [0.2, 0.25) is 0 Å². The maximum absolute atomic E-state index is 4.43. The quantitative estimate of drug-likeness (QED) is 0.870. The van der Waals surface area contributed by atoms with Crippen LogP contribution < -0.4 is 0 Å². The summed E-state index contributed by atoms with van der Waals surface area (Å²) >= 11 is 3.37. The second kappa shape index (κ2) is 4.93. The molecule has 0 spiro atoms. The topological polar surface area (TPSA) is 46.3 Å². The van der Waals surface area contributed by atoms with E-state index in [4.69, 9.17) is 0 Å². The first kappa shape index (κ1) is 13.4. The van der Waals surface area contributed by atoms with Crippen molar-refractivity contribution in [3.63, 3.8) is 0 Å². The molecule has 18 heavy (non-hydrogen) atoms. The van der Waals surface area contributed by atoms with Gasteiger partial charge in [0, 0.05) is 17.9 Å². The van der Waals surface area contributed by atoms with E-state index in [0.29, 0.717) is 5.78 Å². The lowest BCUT2D eigenvalue weighted by atomic mass is 10.0. The molecule has 0 N–H and O–H groups in total. The van der Waals surface area contributed by atoms with Gasteiger partial charge in [-0.25, -0.2) is 9.50 Å². The van der Waals surface area contributed by atoms with Crippen molar-refractivity contribution in [1.82, 2.24) is 24.5 Å². The Kier molecular flexibility index (Phi) is 3.68. The maximum atomic E-state index is 4.43. The highest BCUT2D eigenvalue weighted by Gasteiger charge is 2.22. The molecule has 0 saturated carbocycles. The first-order valence-electron chi connectivity index (χ1n) is 6.00. The highest BCUT2D eigenvalue weighted by molar-refractivity contribution is 9.10. The van der Waals surface area contributed by atoms with E-state index < -0.39 is 0 Å². The number of hydrogen-bond acceptors (Lipinski definition) is 4. The zero-order valence-electron chi connectivity index (χ0n) is 11.2. The summed E-state index contributed by atoms with van der Waals surface area (Å²) in [4.78, 5) is 10.9. The van der Waals surface area contributed by atoms with Gasteiger partial charge in [0.15, 0.2) is 5.82 Å². The fourth-order valence-corrected chi connectivity index (χ4v) is 1.86. The summed E-state index contributed by atoms with van der Waals surface area (Å²) in [6, 6.07) is 0. The molecular weight excluding hydrogens is 294 g/mol. The lowest BCUT2D eigenvalue weighted by molar-refractivity contribution is 0.139. The molecule has 98 valence electrons. The molecule has 2 heterocycles. The molecule has 0 atom stereocenters. The van der Waals surface area contributed by atoms with Crippen molar-refractivity contribution in [2.45, 2.75) is 39.3 Å². The van der Waals surface area contributed by atoms with Gasteiger partial charge in [0.25, 0.3) is 5.78 Å². The van der Waals surface area contributed by atoms with Crippen molar-refractivity contribution in [2.24, 2.45) is 0 Å². The third-order valence-corrected chi connectivity index (χ3v) is 3.89. The average Bonchev–Trinajstić information content (AvgIpc) is 2.70. The second-order valence-electron chi connectivity index (χ2n) is 5.07. The Morgan fingerprint density at radius 1 is 1.44 bits per heavy atom. The largest absolute Gasteiger partial charge is 0.294 e. The van der Waals surface area contributed by atoms with Gasteiger partial charge in [0.1, 0.15) is 0 Å². The number of rotatable bonds is 4. The van der Waals surface area contributed by atoms with E-state index in [1.807, 2.05) is 6.20 Å². The van der Waals surface area contributed by atoms with Gasteiger partial charge in [-0.3, -0.25) is 4.90 Å². The summed E-state index contributed by atoms with van der Waals surface area (Å²) in [6.45, 7) is 7.35. The molecule has 0 bridgehead atoms. The minimum absolute atomic E-state index is 0.144. The number of fused-ring (bicyclic) bond motifs is 1. The molecule has 0 amide bonds. The summed E-state index contributed by atoms with van der Waals surface area (Å²) in [5, 5.41) is 4.43. The van der Waals surface area contributed by atoms with Crippen LogP contribution in [0.25, 0.3) is 5.78 Å². The molecule has 2 aromatic rings. The van der Waals surface area contributed by atoms with E-state index in [-0.39, 0.29) is 5.54 Å². The van der Waals surface area contributed by atoms with Crippen LogP contribution in [0.1, 0.15) is 33.0 Å². The Hall–Kier alpha value is -1.01. The summed E-state index contributed by atoms with van der Waals surface area (Å²) < 4.78 is 2.60. The molecule has 2 rings (SSSR count). The Balaban J connectivity index is 2.22. The summed E-state index contributed by atoms with van der Waals surface area (Å²) in [7, 11) is 2.10. The van der Waals surface area contributed by atoms with Crippen molar-refractivity contribution in [3.05, 3.63) is 22.7 Å². The van der Waals surface area contributed by atoms with E-state index in [1.54, 1.807) is 10.7 Å². The Bertz CT molecular complexity index is 548. The normalized spacial score (nSPS) is 12.6. The number of halogens is 1. The van der Waals surface area contributed by atoms with Crippen LogP contribution in [0.4, 0.5) is 0 Å². The summed E-state index contributed by atoms with van der Waals surface area (Å²) in [5.41, 5.74) is 0.144. The molecule has 0 aliphatic heterocycles. The molecule has 6 heteroatoms. The third kappa shape index (κ3) is 2.70. The minimum atomic E-state index is 0.144. The zero-order valence-corrected chi connectivity index (χ0v) is 12.8. The molecular formula is C12H18BrN5. The van der Waals surface area contributed by atoms with Crippen LogP contribution in [0.15, 0.2) is 16.9 Å². The van der Waals surface area contributed by atoms with Crippen LogP contribution in [-0.4, -0.2) is 37.1 Å². The van der Waals surface area contributed by atoms with E-state index in [9.17, 15) is 0 Å². The molecule has 2 aromatic heterocycles. The second-order valence-corrected chi connectivity index (χ2v) is 5.98. The highest BCUT2D eigenvalue weighted by atomic mass is 79.9. The van der Waals surface area contributed by atoms with Crippen LogP contribution in [0.3, 0.4) is 0 Å². The number of nitrogens with zero attached hydrogens (tertiary/aromatic N) is 5. The van der Waals surface area contributed by atoms with E-state index in [2.05, 4.69) is 63.7 Å². The van der Waals surface area contributed by atoms with Gasteiger partial charge >= 0.3 is 0 Å². The lowest BCUT2D eigenvalue weighted by Crippen LogP contribution is -2.40. The van der Waals surface area contributed by atoms with Gasteiger partial charge in [0.2, 0.25) is 0 Å². The van der Waals surface area contributed by atoms with Crippen LogP contribution in [0, 0.1) is 0 Å². The minimum Gasteiger partial charge on any atom is -0.294 e. The molecule has 0 radical (unpaired) electrons. The van der Waals surface area contributed by atoms with Gasteiger partial charge in [-0.15, -0.1) is 5.10 Å². The number of aromatic nitrogens is 4. The van der Waals surface area contributed by atoms with Gasteiger partial charge in [-0.05, 0) is 43.2 Å². The van der Waals surface area contributed by atoms with E-state index >= 15 is 0 Å². The van der Waals surface area contributed by atoms with Gasteiger partial charge in [-0.2, -0.15) is 4.98 Å². The molecule has 0 aliphatic carbocycles. The lowest BCUT2D eigenvalue weighted by Gasteiger charge is -2.33. The van der Waals surface area contributed by atoms with Gasteiger partial charge in [0.05, 0.1) is 11.0 Å². The van der Waals surface area contributed by atoms with Crippen molar-refractivity contribution in [3.8, 4) is 0 Å². The summed E-state index contributed by atoms with van der Waals surface area (Å²) in [6.07, 6.45) is 4.68. The maximum Gasteiger partial charge on any atom is 0.252 e. The van der Waals surface area contributed by atoms with Crippen molar-refractivity contribution in [1.29, 1.82) is 0 Å². The Morgan fingerprint density at radius 3 is 2.83 bits per heavy atom. The first-order valence-corrected chi connectivity index (χ1v) is 6.80. The van der Waals surface area contributed by atoms with Crippen LogP contribution in [0.5, 0.6) is 0 Å². The first-order chi connectivity index (χ1) is 8.42. The van der Waals surface area contributed by atoms with Crippen molar-refractivity contribution in [2.75, 3.05) is 7.05 Å². The predicted molar refractivity (Wildman–Crippen MR) is 74.3 cm³/mol. The van der Waals surface area contributed by atoms with E-state index in [1.165, 1.54) is 0 Å². The predicted octanol–water partition coefficient (Wildman–Crippen LogP) is 2.51. The molecule has 5 nitrogen and oxygen atoms in total. The monoisotopic (exact) mass is 311 g/mol. The zero-order chi connectivity index (χ0) is 13.3. The fraction of sp³-hybridized carbons (Fsp3) is 0.583. The van der Waals surface area contributed by atoms with Crippen LogP contribution in [-0.2, 0) is 6.54 Å². The van der Waals surface area contributed by atoms with Gasteiger partial charge < -0.3 is 0 Å². The van der Waals surface area contributed by atoms with E-state index in [0.717, 1.165) is 23.3 Å². The fourth-order valence-electron chi connectivity index (χ4n) is 1.57. The highest BCUT2D eigenvalue weighted by Crippen LogP contribution is 2.18. The SMILES string of the molecule is CCC(C)(C)N(C)Cc1nc2ncc(Br)cn2n1. The molecule has 0 unspecified atom stereocenters.